The molecule has 0 aliphatic rings. The highest BCUT2D eigenvalue weighted by Gasteiger charge is 2.15. The third-order valence-electron chi connectivity index (χ3n) is 2.39. The Morgan fingerprint density at radius 2 is 1.95 bits per heavy atom. The number of carbonyl (C=O) groups is 1. The predicted octanol–water partition coefficient (Wildman–Crippen LogP) is 3.80. The fraction of sp³-hybridized carbons (Fsp3) is 0. The highest BCUT2D eigenvalue weighted by molar-refractivity contribution is 14.1. The van der Waals surface area contributed by atoms with Gasteiger partial charge in [-0.25, -0.2) is 0 Å². The van der Waals surface area contributed by atoms with Crippen LogP contribution in [0, 0.1) is 13.7 Å². The van der Waals surface area contributed by atoms with E-state index < -0.39 is 4.92 Å². The molecule has 0 aliphatic heterocycles. The Balaban J connectivity index is 2.37. The molecule has 2 aromatic rings. The van der Waals surface area contributed by atoms with Crippen molar-refractivity contribution in [2.45, 2.75) is 0 Å². The molecule has 6 heteroatoms. The number of para-hydroxylation sites is 1. The van der Waals surface area contributed by atoms with Gasteiger partial charge in [-0.05, 0) is 46.9 Å². The molecule has 0 fully saturated rings. The molecule has 0 radical (unpaired) electrons. The third kappa shape index (κ3) is 3.08. The smallest absolute Gasteiger partial charge is 0.283 e. The molecule has 2 rings (SSSR count). The maximum atomic E-state index is 10.8. The Morgan fingerprint density at radius 3 is 2.58 bits per heavy atom. The van der Waals surface area contributed by atoms with E-state index in [2.05, 4.69) is 22.6 Å². The lowest BCUT2D eigenvalue weighted by molar-refractivity contribution is -0.385. The number of rotatable bonds is 4. The maximum absolute atomic E-state index is 10.8. The van der Waals surface area contributed by atoms with Crippen molar-refractivity contribution in [3.8, 4) is 11.5 Å². The van der Waals surface area contributed by atoms with Crippen LogP contribution in [0.25, 0.3) is 0 Å². The van der Waals surface area contributed by atoms with Crippen LogP contribution in [0.15, 0.2) is 42.5 Å². The zero-order valence-electron chi connectivity index (χ0n) is 9.58. The van der Waals surface area contributed by atoms with Crippen molar-refractivity contribution < 1.29 is 14.5 Å². The number of carbonyl (C=O) groups excluding carboxylic acids is 1. The molecule has 0 aliphatic carbocycles. The van der Waals surface area contributed by atoms with Gasteiger partial charge in [0.05, 0.1) is 20.1 Å². The van der Waals surface area contributed by atoms with Crippen molar-refractivity contribution in [1.29, 1.82) is 0 Å². The molecule has 0 atom stereocenters. The summed E-state index contributed by atoms with van der Waals surface area (Å²) < 4.78 is 6.46. The summed E-state index contributed by atoms with van der Waals surface area (Å²) in [7, 11) is 0. The summed E-state index contributed by atoms with van der Waals surface area (Å²) in [4.78, 5) is 20.9. The lowest BCUT2D eigenvalue weighted by atomic mass is 10.2. The van der Waals surface area contributed by atoms with Gasteiger partial charge in [-0.2, -0.15) is 0 Å². The molecule has 0 saturated heterocycles. The van der Waals surface area contributed by atoms with Crippen molar-refractivity contribution in [3.63, 3.8) is 0 Å². The van der Waals surface area contributed by atoms with Gasteiger partial charge in [0, 0.05) is 0 Å². The number of aldehydes is 1. The van der Waals surface area contributed by atoms with Crippen LogP contribution in [0.5, 0.6) is 11.5 Å². The number of nitrogens with zero attached hydrogens (tertiary/aromatic N) is 1. The van der Waals surface area contributed by atoms with Crippen LogP contribution in [-0.2, 0) is 0 Å². The summed E-state index contributed by atoms with van der Waals surface area (Å²) >= 11 is 2.11. The summed E-state index contributed by atoms with van der Waals surface area (Å²) in [5.41, 5.74) is -0.237. The van der Waals surface area contributed by atoms with E-state index in [4.69, 9.17) is 4.74 Å². The summed E-state index contributed by atoms with van der Waals surface area (Å²) in [5, 5.41) is 10.8. The number of halogens is 1. The normalized spacial score (nSPS) is 9.95. The minimum atomic E-state index is -0.605. The van der Waals surface area contributed by atoms with Gasteiger partial charge in [-0.1, -0.05) is 12.1 Å². The third-order valence-corrected chi connectivity index (χ3v) is 3.28. The second-order valence-corrected chi connectivity index (χ2v) is 4.79. The van der Waals surface area contributed by atoms with E-state index in [9.17, 15) is 14.9 Å². The molecule has 0 amide bonds. The summed E-state index contributed by atoms with van der Waals surface area (Å²) in [6.45, 7) is 0. The lowest BCUT2D eigenvalue weighted by Crippen LogP contribution is -1.95. The van der Waals surface area contributed by atoms with Crippen molar-refractivity contribution >= 4 is 34.6 Å². The first-order valence-corrected chi connectivity index (χ1v) is 6.35. The van der Waals surface area contributed by atoms with Gasteiger partial charge in [0.25, 0.3) is 5.69 Å². The van der Waals surface area contributed by atoms with Gasteiger partial charge >= 0.3 is 0 Å². The van der Waals surface area contributed by atoms with E-state index >= 15 is 0 Å². The highest BCUT2D eigenvalue weighted by Crippen LogP contribution is 2.30. The minimum Gasteiger partial charge on any atom is -0.456 e. The van der Waals surface area contributed by atoms with E-state index in [1.165, 1.54) is 18.2 Å². The molecule has 5 nitrogen and oxygen atoms in total. The molecule has 0 unspecified atom stereocenters. The number of nitro groups is 1. The zero-order valence-corrected chi connectivity index (χ0v) is 11.7. The first kappa shape index (κ1) is 13.5. The molecule has 0 N–H and O–H groups in total. The summed E-state index contributed by atoms with van der Waals surface area (Å²) in [6, 6.07) is 11.5. The fourth-order valence-corrected chi connectivity index (χ4v) is 2.00. The molecular weight excluding hydrogens is 361 g/mol. The van der Waals surface area contributed by atoms with Gasteiger partial charge in [0.2, 0.25) is 0 Å². The van der Waals surface area contributed by atoms with Crippen LogP contribution >= 0.6 is 22.6 Å². The number of nitro benzene ring substituents is 1. The molecule has 2 aromatic carbocycles. The van der Waals surface area contributed by atoms with Crippen molar-refractivity contribution in [2.75, 3.05) is 0 Å². The van der Waals surface area contributed by atoms with Gasteiger partial charge < -0.3 is 4.74 Å². The quantitative estimate of drug-likeness (QED) is 0.356. The van der Waals surface area contributed by atoms with E-state index in [-0.39, 0.29) is 11.3 Å². The molecule has 0 saturated carbocycles. The molecule has 0 aromatic heterocycles. The molecule has 0 bridgehead atoms. The second kappa shape index (κ2) is 5.79. The molecule has 0 spiro atoms. The number of ether oxygens (including phenoxy) is 1. The van der Waals surface area contributed by atoms with Crippen LogP contribution in [0.3, 0.4) is 0 Å². The predicted molar refractivity (Wildman–Crippen MR) is 77.7 cm³/mol. The SMILES string of the molecule is O=Cc1ccc(Oc2ccccc2I)cc1[N+](=O)[O-]. The van der Waals surface area contributed by atoms with Crippen LogP contribution in [0.4, 0.5) is 5.69 Å². The van der Waals surface area contributed by atoms with Gasteiger partial charge in [-0.3, -0.25) is 14.9 Å². The fourth-order valence-electron chi connectivity index (χ4n) is 1.50. The average molecular weight is 369 g/mol. The first-order chi connectivity index (χ1) is 9.11. The summed E-state index contributed by atoms with van der Waals surface area (Å²) in [6.07, 6.45) is 0.453. The number of benzene rings is 2. The largest absolute Gasteiger partial charge is 0.456 e. The van der Waals surface area contributed by atoms with Crippen LogP contribution in [-0.4, -0.2) is 11.2 Å². The van der Waals surface area contributed by atoms with Crippen molar-refractivity contribution in [3.05, 3.63) is 61.7 Å². The first-order valence-electron chi connectivity index (χ1n) is 5.28. The van der Waals surface area contributed by atoms with Crippen LogP contribution < -0.4 is 4.74 Å². The monoisotopic (exact) mass is 369 g/mol. The average Bonchev–Trinajstić information content (AvgIpc) is 2.41. The Labute approximate surface area is 122 Å². The topological polar surface area (TPSA) is 69.4 Å². The molecule has 0 heterocycles. The van der Waals surface area contributed by atoms with E-state index in [0.29, 0.717) is 17.8 Å². The van der Waals surface area contributed by atoms with E-state index in [1.807, 2.05) is 18.2 Å². The second-order valence-electron chi connectivity index (χ2n) is 3.63. The van der Waals surface area contributed by atoms with E-state index in [0.717, 1.165) is 3.57 Å². The Hall–Kier alpha value is -1.96. The minimum absolute atomic E-state index is 0.0279. The highest BCUT2D eigenvalue weighted by atomic mass is 127. The van der Waals surface area contributed by atoms with Gasteiger partial charge in [0.1, 0.15) is 11.5 Å². The van der Waals surface area contributed by atoms with Crippen molar-refractivity contribution in [1.82, 2.24) is 0 Å². The zero-order chi connectivity index (χ0) is 13.8. The van der Waals surface area contributed by atoms with Gasteiger partial charge in [-0.15, -0.1) is 0 Å². The summed E-state index contributed by atoms with van der Waals surface area (Å²) in [5.74, 6) is 0.928. The van der Waals surface area contributed by atoms with Crippen molar-refractivity contribution in [2.24, 2.45) is 0 Å². The van der Waals surface area contributed by atoms with Gasteiger partial charge in [0.15, 0.2) is 6.29 Å². The van der Waals surface area contributed by atoms with Crippen LogP contribution in [0.2, 0.25) is 0 Å². The standard InChI is InChI=1S/C13H8INO4/c14-11-3-1-2-4-13(11)19-10-6-5-9(8-16)12(7-10)15(17)18/h1-8H. The van der Waals surface area contributed by atoms with Crippen LogP contribution in [0.1, 0.15) is 10.4 Å². The maximum Gasteiger partial charge on any atom is 0.283 e. The lowest BCUT2D eigenvalue weighted by Gasteiger charge is -2.07. The Bertz CT molecular complexity index is 642. The number of hydrogen-bond acceptors (Lipinski definition) is 4. The molecule has 19 heavy (non-hydrogen) atoms. The molecule has 96 valence electrons. The number of hydrogen-bond donors (Lipinski definition) is 0. The van der Waals surface area contributed by atoms with E-state index in [1.54, 1.807) is 6.07 Å². The Morgan fingerprint density at radius 1 is 1.21 bits per heavy atom. The Kier molecular flexibility index (Phi) is 4.10. The molecular formula is C13H8INO4.